The van der Waals surface area contributed by atoms with Crippen molar-refractivity contribution in [1.29, 1.82) is 0 Å². The molecule has 0 aliphatic heterocycles. The van der Waals surface area contributed by atoms with Gasteiger partial charge in [0.05, 0.1) is 12.5 Å². The van der Waals surface area contributed by atoms with Gasteiger partial charge < -0.3 is 10.2 Å². The van der Waals surface area contributed by atoms with Crippen LogP contribution >= 0.6 is 0 Å². The normalized spacial score (nSPS) is 10.7. The molecule has 0 saturated carbocycles. The van der Waals surface area contributed by atoms with Crippen LogP contribution < -0.4 is 5.73 Å². The highest BCUT2D eigenvalue weighted by Gasteiger charge is 2.01. The summed E-state index contributed by atoms with van der Waals surface area (Å²) in [6, 6.07) is 1.96. The van der Waals surface area contributed by atoms with E-state index in [2.05, 4.69) is 11.5 Å². The molecule has 0 fully saturated rings. The smallest absolute Gasteiger partial charge is 0.0947 e. The van der Waals surface area contributed by atoms with Crippen LogP contribution in [0.25, 0.3) is 0 Å². The molecule has 0 aliphatic carbocycles. The zero-order chi connectivity index (χ0) is 9.68. The predicted octanol–water partition coefficient (Wildman–Crippen LogP) is 1.23. The summed E-state index contributed by atoms with van der Waals surface area (Å²) in [5.41, 5.74) is 7.67. The summed E-state index contributed by atoms with van der Waals surface area (Å²) < 4.78 is 4.97. The van der Waals surface area contributed by atoms with E-state index >= 15 is 0 Å². The van der Waals surface area contributed by atoms with E-state index < -0.39 is 0 Å². The molecule has 1 heterocycles. The van der Waals surface area contributed by atoms with Gasteiger partial charge in [-0.15, -0.1) is 0 Å². The number of nitrogens with zero attached hydrogens (tertiary/aromatic N) is 1. The number of hydrogen-bond donors (Lipinski definition) is 1. The van der Waals surface area contributed by atoms with Gasteiger partial charge in [0, 0.05) is 25.2 Å². The van der Waals surface area contributed by atoms with Gasteiger partial charge in [-0.05, 0) is 18.7 Å². The van der Waals surface area contributed by atoms with Gasteiger partial charge in [-0.2, -0.15) is 0 Å². The Kier molecular flexibility index (Phi) is 3.73. The fourth-order valence-corrected chi connectivity index (χ4v) is 1.20. The quantitative estimate of drug-likeness (QED) is 0.693. The molecule has 0 aliphatic rings. The largest absolute Gasteiger partial charge is 0.472 e. The third-order valence-corrected chi connectivity index (χ3v) is 1.81. The molecule has 3 heteroatoms. The molecule has 0 saturated heterocycles. The van der Waals surface area contributed by atoms with Gasteiger partial charge in [-0.1, -0.05) is 6.58 Å². The standard InChI is InChI=1S/C10H16N2O/c1-9(5-11)6-12(2)7-10-3-4-13-8-10/h3-4,8H,1,5-7,11H2,2H3. The Morgan fingerprint density at radius 1 is 1.69 bits per heavy atom. The fourth-order valence-electron chi connectivity index (χ4n) is 1.20. The molecule has 1 aromatic heterocycles. The Morgan fingerprint density at radius 3 is 3.00 bits per heavy atom. The highest BCUT2D eigenvalue weighted by Crippen LogP contribution is 2.04. The molecule has 13 heavy (non-hydrogen) atoms. The highest BCUT2D eigenvalue weighted by atomic mass is 16.3. The SMILES string of the molecule is C=C(CN)CN(C)Cc1ccoc1. The Bertz CT molecular complexity index is 254. The van der Waals surface area contributed by atoms with Gasteiger partial charge in [0.25, 0.3) is 0 Å². The maximum atomic E-state index is 5.45. The average molecular weight is 180 g/mol. The number of rotatable bonds is 5. The van der Waals surface area contributed by atoms with E-state index in [1.807, 2.05) is 13.1 Å². The van der Waals surface area contributed by atoms with E-state index in [1.54, 1.807) is 12.5 Å². The lowest BCUT2D eigenvalue weighted by atomic mass is 10.2. The minimum atomic E-state index is 0.551. The van der Waals surface area contributed by atoms with Crippen LogP contribution in [0, 0.1) is 0 Å². The molecular formula is C10H16N2O. The minimum absolute atomic E-state index is 0.551. The van der Waals surface area contributed by atoms with Gasteiger partial charge in [0.1, 0.15) is 0 Å². The number of likely N-dealkylation sites (N-methyl/N-ethyl adjacent to an activating group) is 1. The molecule has 0 amide bonds. The maximum Gasteiger partial charge on any atom is 0.0947 e. The van der Waals surface area contributed by atoms with Crippen molar-refractivity contribution >= 4 is 0 Å². The first-order valence-corrected chi connectivity index (χ1v) is 4.28. The number of furan rings is 1. The van der Waals surface area contributed by atoms with Gasteiger partial charge in [0.15, 0.2) is 0 Å². The van der Waals surface area contributed by atoms with Crippen LogP contribution in [-0.2, 0) is 6.54 Å². The van der Waals surface area contributed by atoms with E-state index in [0.29, 0.717) is 6.54 Å². The van der Waals surface area contributed by atoms with Crippen LogP contribution in [0.3, 0.4) is 0 Å². The molecule has 0 bridgehead atoms. The molecule has 1 aromatic rings. The first-order chi connectivity index (χ1) is 6.22. The molecule has 3 nitrogen and oxygen atoms in total. The van der Waals surface area contributed by atoms with Crippen molar-refractivity contribution in [3.8, 4) is 0 Å². The molecule has 1 rings (SSSR count). The van der Waals surface area contributed by atoms with Crippen molar-refractivity contribution in [2.75, 3.05) is 20.1 Å². The van der Waals surface area contributed by atoms with Gasteiger partial charge >= 0.3 is 0 Å². The lowest BCUT2D eigenvalue weighted by Crippen LogP contribution is -2.22. The predicted molar refractivity (Wildman–Crippen MR) is 53.2 cm³/mol. The second-order valence-electron chi connectivity index (χ2n) is 3.26. The Morgan fingerprint density at radius 2 is 2.46 bits per heavy atom. The third kappa shape index (κ3) is 3.44. The molecular weight excluding hydrogens is 164 g/mol. The monoisotopic (exact) mass is 180 g/mol. The second-order valence-corrected chi connectivity index (χ2v) is 3.26. The molecule has 2 N–H and O–H groups in total. The van der Waals surface area contributed by atoms with Gasteiger partial charge in [-0.25, -0.2) is 0 Å². The van der Waals surface area contributed by atoms with Crippen LogP contribution in [-0.4, -0.2) is 25.0 Å². The van der Waals surface area contributed by atoms with Crippen LogP contribution in [0.1, 0.15) is 5.56 Å². The summed E-state index contributed by atoms with van der Waals surface area (Å²) in [5.74, 6) is 0. The fraction of sp³-hybridized carbons (Fsp3) is 0.400. The molecule has 0 spiro atoms. The Hall–Kier alpha value is -1.06. The van der Waals surface area contributed by atoms with Crippen LogP contribution in [0.2, 0.25) is 0 Å². The lowest BCUT2D eigenvalue weighted by Gasteiger charge is -2.16. The maximum absolute atomic E-state index is 5.45. The molecule has 0 aromatic carbocycles. The van der Waals surface area contributed by atoms with Crippen LogP contribution in [0.15, 0.2) is 35.2 Å². The zero-order valence-corrected chi connectivity index (χ0v) is 7.99. The third-order valence-electron chi connectivity index (χ3n) is 1.81. The Balaban J connectivity index is 2.33. The van der Waals surface area contributed by atoms with Crippen molar-refractivity contribution in [1.82, 2.24) is 4.90 Å². The summed E-state index contributed by atoms with van der Waals surface area (Å²) in [5, 5.41) is 0. The van der Waals surface area contributed by atoms with E-state index in [-0.39, 0.29) is 0 Å². The lowest BCUT2D eigenvalue weighted by molar-refractivity contribution is 0.352. The summed E-state index contributed by atoms with van der Waals surface area (Å²) in [6.45, 7) is 6.11. The second kappa shape index (κ2) is 4.84. The van der Waals surface area contributed by atoms with Crippen molar-refractivity contribution in [2.24, 2.45) is 5.73 Å². The van der Waals surface area contributed by atoms with Crippen LogP contribution in [0.4, 0.5) is 0 Å². The van der Waals surface area contributed by atoms with Crippen molar-refractivity contribution in [3.05, 3.63) is 36.3 Å². The first-order valence-electron chi connectivity index (χ1n) is 4.28. The van der Waals surface area contributed by atoms with E-state index in [9.17, 15) is 0 Å². The van der Waals surface area contributed by atoms with Crippen LogP contribution in [0.5, 0.6) is 0 Å². The van der Waals surface area contributed by atoms with E-state index in [1.165, 1.54) is 5.56 Å². The number of hydrogen-bond acceptors (Lipinski definition) is 3. The topological polar surface area (TPSA) is 42.4 Å². The summed E-state index contributed by atoms with van der Waals surface area (Å²) in [4.78, 5) is 2.15. The van der Waals surface area contributed by atoms with Gasteiger partial charge in [-0.3, -0.25) is 4.90 Å². The van der Waals surface area contributed by atoms with Crippen molar-refractivity contribution in [2.45, 2.75) is 6.54 Å². The summed E-state index contributed by atoms with van der Waals surface area (Å²) in [6.07, 6.45) is 3.43. The van der Waals surface area contributed by atoms with E-state index in [4.69, 9.17) is 10.2 Å². The molecule has 0 unspecified atom stereocenters. The van der Waals surface area contributed by atoms with E-state index in [0.717, 1.165) is 18.7 Å². The van der Waals surface area contributed by atoms with Crippen molar-refractivity contribution < 1.29 is 4.42 Å². The number of nitrogens with two attached hydrogens (primary N) is 1. The average Bonchev–Trinajstić information content (AvgIpc) is 2.56. The first kappa shape index (κ1) is 10.0. The minimum Gasteiger partial charge on any atom is -0.472 e. The zero-order valence-electron chi connectivity index (χ0n) is 7.99. The molecule has 0 radical (unpaired) electrons. The summed E-state index contributed by atoms with van der Waals surface area (Å²) >= 11 is 0. The highest BCUT2D eigenvalue weighted by molar-refractivity contribution is 5.06. The van der Waals surface area contributed by atoms with Gasteiger partial charge in [0.2, 0.25) is 0 Å². The molecule has 72 valence electrons. The Labute approximate surface area is 78.8 Å². The molecule has 0 atom stereocenters. The summed E-state index contributed by atoms with van der Waals surface area (Å²) in [7, 11) is 2.04. The van der Waals surface area contributed by atoms with Crippen molar-refractivity contribution in [3.63, 3.8) is 0 Å².